The highest BCUT2D eigenvalue weighted by Crippen LogP contribution is 2.38. The minimum Gasteiger partial charge on any atom is -0.310 e. The Labute approximate surface area is 241 Å². The van der Waals surface area contributed by atoms with Gasteiger partial charge >= 0.3 is 0 Å². The maximum Gasteiger partial charge on any atom is 0.123 e. The van der Waals surface area contributed by atoms with Gasteiger partial charge in [0.15, 0.2) is 0 Å². The molecule has 6 aromatic carbocycles. The molecule has 6 rings (SSSR count). The molecule has 0 atom stereocenters. The van der Waals surface area contributed by atoms with Crippen molar-refractivity contribution in [2.24, 2.45) is 0 Å². The van der Waals surface area contributed by atoms with Crippen molar-refractivity contribution in [2.75, 3.05) is 9.80 Å². The van der Waals surface area contributed by atoms with Crippen molar-refractivity contribution in [2.45, 2.75) is 0 Å². The van der Waals surface area contributed by atoms with Crippen LogP contribution in [0.4, 0.5) is 51.7 Å². The normalized spacial score (nSPS) is 10.9. The van der Waals surface area contributed by atoms with Gasteiger partial charge in [0, 0.05) is 34.1 Å². The first kappa shape index (κ1) is 26.8. The van der Waals surface area contributed by atoms with E-state index in [1.54, 1.807) is 48.5 Å². The van der Waals surface area contributed by atoms with Crippen molar-refractivity contribution in [3.63, 3.8) is 0 Å². The fourth-order valence-electron chi connectivity index (χ4n) is 4.88. The lowest BCUT2D eigenvalue weighted by Crippen LogP contribution is -2.10. The third kappa shape index (κ3) is 5.74. The molecule has 0 aliphatic carbocycles. The largest absolute Gasteiger partial charge is 0.310 e. The van der Waals surface area contributed by atoms with E-state index in [9.17, 15) is 17.6 Å². The van der Waals surface area contributed by atoms with Crippen LogP contribution in [-0.2, 0) is 0 Å². The fraction of sp³-hybridized carbons (Fsp3) is 0. The van der Waals surface area contributed by atoms with E-state index < -0.39 is 0 Å². The van der Waals surface area contributed by atoms with Gasteiger partial charge in [0.05, 0.1) is 0 Å². The standard InChI is InChI=1S/C36H24F4N2/c37-27-6-16-32(17-7-27)41(33-18-8-28(38)9-19-33)31-14-4-25(5-15-31)26-2-1-3-36(24-26)42(34-20-10-29(39)11-21-34)35-22-12-30(40)13-23-35/h1-24H. The van der Waals surface area contributed by atoms with Crippen LogP contribution < -0.4 is 9.80 Å². The first-order valence-corrected chi connectivity index (χ1v) is 13.3. The van der Waals surface area contributed by atoms with E-state index in [1.165, 1.54) is 48.5 Å². The van der Waals surface area contributed by atoms with E-state index in [-0.39, 0.29) is 23.3 Å². The monoisotopic (exact) mass is 560 g/mol. The molecule has 0 fully saturated rings. The van der Waals surface area contributed by atoms with E-state index in [0.29, 0.717) is 0 Å². The number of benzene rings is 6. The second-order valence-electron chi connectivity index (χ2n) is 9.67. The zero-order valence-electron chi connectivity index (χ0n) is 22.3. The van der Waals surface area contributed by atoms with Crippen LogP contribution in [0.15, 0.2) is 146 Å². The molecule has 0 aromatic heterocycles. The number of nitrogens with zero attached hydrogens (tertiary/aromatic N) is 2. The quantitative estimate of drug-likeness (QED) is 0.179. The fourth-order valence-corrected chi connectivity index (χ4v) is 4.88. The SMILES string of the molecule is Fc1ccc(N(c2ccc(F)cc2)c2ccc(-c3cccc(N(c4ccc(F)cc4)c4ccc(F)cc4)c3)cc2)cc1. The van der Waals surface area contributed by atoms with Crippen LogP contribution >= 0.6 is 0 Å². The molecule has 0 heterocycles. The number of hydrogen-bond acceptors (Lipinski definition) is 2. The summed E-state index contributed by atoms with van der Waals surface area (Å²) in [5.41, 5.74) is 6.41. The summed E-state index contributed by atoms with van der Waals surface area (Å²) in [6, 6.07) is 40.3. The van der Waals surface area contributed by atoms with Crippen LogP contribution in [-0.4, -0.2) is 0 Å². The Morgan fingerprint density at radius 3 is 0.952 bits per heavy atom. The molecule has 206 valence electrons. The Hall–Kier alpha value is -5.36. The summed E-state index contributed by atoms with van der Waals surface area (Å²) in [4.78, 5) is 3.85. The molecular formula is C36H24F4N2. The highest BCUT2D eigenvalue weighted by atomic mass is 19.1. The molecular weight excluding hydrogens is 536 g/mol. The third-order valence-electron chi connectivity index (χ3n) is 6.90. The van der Waals surface area contributed by atoms with Crippen molar-refractivity contribution in [1.29, 1.82) is 0 Å². The van der Waals surface area contributed by atoms with E-state index in [4.69, 9.17) is 0 Å². The molecule has 0 saturated heterocycles. The molecule has 0 N–H and O–H groups in total. The minimum atomic E-state index is -0.345. The van der Waals surface area contributed by atoms with Crippen LogP contribution in [0.5, 0.6) is 0 Å². The first-order valence-electron chi connectivity index (χ1n) is 13.3. The Morgan fingerprint density at radius 1 is 0.286 bits per heavy atom. The van der Waals surface area contributed by atoms with Crippen molar-refractivity contribution in [3.05, 3.63) is 169 Å². The summed E-state index contributed by atoms with van der Waals surface area (Å²) in [6.07, 6.45) is 0. The lowest BCUT2D eigenvalue weighted by atomic mass is 10.0. The molecule has 6 heteroatoms. The summed E-state index contributed by atoms with van der Waals surface area (Å²) >= 11 is 0. The molecule has 0 spiro atoms. The highest BCUT2D eigenvalue weighted by Gasteiger charge is 2.16. The van der Waals surface area contributed by atoms with Gasteiger partial charge in [-0.05, 0) is 132 Å². The zero-order valence-corrected chi connectivity index (χ0v) is 22.3. The molecule has 0 aliphatic rings. The Bertz CT molecular complexity index is 1690. The van der Waals surface area contributed by atoms with Crippen molar-refractivity contribution in [3.8, 4) is 11.1 Å². The number of hydrogen-bond donors (Lipinski definition) is 0. The van der Waals surface area contributed by atoms with Gasteiger partial charge < -0.3 is 9.80 Å². The maximum absolute atomic E-state index is 13.7. The average molecular weight is 561 g/mol. The van der Waals surface area contributed by atoms with Gasteiger partial charge in [0.2, 0.25) is 0 Å². The minimum absolute atomic E-state index is 0.344. The predicted molar refractivity (Wildman–Crippen MR) is 161 cm³/mol. The van der Waals surface area contributed by atoms with Crippen molar-refractivity contribution in [1.82, 2.24) is 0 Å². The van der Waals surface area contributed by atoms with E-state index in [0.717, 1.165) is 45.3 Å². The maximum atomic E-state index is 13.7. The molecule has 0 amide bonds. The van der Waals surface area contributed by atoms with Crippen LogP contribution in [0.2, 0.25) is 0 Å². The van der Waals surface area contributed by atoms with Gasteiger partial charge in [0.1, 0.15) is 23.3 Å². The summed E-state index contributed by atoms with van der Waals surface area (Å²) in [7, 11) is 0. The van der Waals surface area contributed by atoms with Gasteiger partial charge in [-0.3, -0.25) is 0 Å². The molecule has 42 heavy (non-hydrogen) atoms. The van der Waals surface area contributed by atoms with Crippen LogP contribution in [0.1, 0.15) is 0 Å². The number of halogens is 4. The van der Waals surface area contributed by atoms with Gasteiger partial charge in [0.25, 0.3) is 0 Å². The van der Waals surface area contributed by atoms with Crippen LogP contribution in [0.3, 0.4) is 0 Å². The number of rotatable bonds is 7. The smallest absolute Gasteiger partial charge is 0.123 e. The average Bonchev–Trinajstić information content (AvgIpc) is 3.02. The van der Waals surface area contributed by atoms with Gasteiger partial charge in [-0.25, -0.2) is 17.6 Å². The van der Waals surface area contributed by atoms with Crippen LogP contribution in [0.25, 0.3) is 11.1 Å². The summed E-state index contributed by atoms with van der Waals surface area (Å²) in [6.45, 7) is 0. The summed E-state index contributed by atoms with van der Waals surface area (Å²) < 4.78 is 54.8. The number of anilines is 6. The van der Waals surface area contributed by atoms with E-state index >= 15 is 0 Å². The molecule has 2 nitrogen and oxygen atoms in total. The highest BCUT2D eigenvalue weighted by molar-refractivity contribution is 5.81. The second-order valence-corrected chi connectivity index (χ2v) is 9.67. The molecule has 0 bridgehead atoms. The summed E-state index contributed by atoms with van der Waals surface area (Å²) in [5, 5.41) is 0. The lowest BCUT2D eigenvalue weighted by molar-refractivity contribution is 0.627. The van der Waals surface area contributed by atoms with Gasteiger partial charge in [-0.1, -0.05) is 24.3 Å². The molecule has 0 unspecified atom stereocenters. The molecule has 0 aliphatic heterocycles. The first-order chi connectivity index (χ1) is 20.4. The van der Waals surface area contributed by atoms with E-state index in [1.807, 2.05) is 58.3 Å². The lowest BCUT2D eigenvalue weighted by Gasteiger charge is -2.26. The summed E-state index contributed by atoms with van der Waals surface area (Å²) in [5.74, 6) is -1.38. The zero-order chi connectivity index (χ0) is 29.1. The van der Waals surface area contributed by atoms with Crippen LogP contribution in [0, 0.1) is 23.3 Å². The van der Waals surface area contributed by atoms with Crippen molar-refractivity contribution >= 4 is 34.1 Å². The predicted octanol–water partition coefficient (Wildman–Crippen LogP) is 10.8. The van der Waals surface area contributed by atoms with E-state index in [2.05, 4.69) is 0 Å². The topological polar surface area (TPSA) is 6.48 Å². The Morgan fingerprint density at radius 2 is 0.595 bits per heavy atom. The second kappa shape index (κ2) is 11.6. The van der Waals surface area contributed by atoms with Crippen molar-refractivity contribution < 1.29 is 17.6 Å². The van der Waals surface area contributed by atoms with Gasteiger partial charge in [-0.15, -0.1) is 0 Å². The Balaban J connectivity index is 1.37. The molecule has 0 radical (unpaired) electrons. The third-order valence-corrected chi connectivity index (χ3v) is 6.90. The van der Waals surface area contributed by atoms with Gasteiger partial charge in [-0.2, -0.15) is 0 Å². The Kier molecular flexibility index (Phi) is 7.43. The molecule has 0 saturated carbocycles. The molecule has 6 aromatic rings.